The Kier molecular flexibility index (Phi) is 4.98. The van der Waals surface area contributed by atoms with Crippen LogP contribution < -0.4 is 15.2 Å². The highest BCUT2D eigenvalue weighted by Crippen LogP contribution is 2.27. The molecule has 0 aliphatic rings. The highest BCUT2D eigenvalue weighted by atomic mass is 79.9. The predicted molar refractivity (Wildman–Crippen MR) is 87.4 cm³/mol. The average Bonchev–Trinajstić information content (AvgIpc) is 2.45. The summed E-state index contributed by atoms with van der Waals surface area (Å²) in [6.07, 6.45) is 0. The van der Waals surface area contributed by atoms with Crippen molar-refractivity contribution in [1.82, 2.24) is 0 Å². The minimum absolute atomic E-state index is 0.308. The van der Waals surface area contributed by atoms with Gasteiger partial charge in [-0.3, -0.25) is 0 Å². The van der Waals surface area contributed by atoms with Gasteiger partial charge in [-0.1, -0.05) is 30.4 Å². The first-order valence-corrected chi connectivity index (χ1v) is 7.16. The standard InChI is InChI=1S/C15H14BrNO2S/c1-18-11-7-5-10(6-8-11)9-19-13-4-2-3-12(16)14(13)15(17)20/h2-8H,9H2,1H3,(H2,17,20). The summed E-state index contributed by atoms with van der Waals surface area (Å²) >= 11 is 8.48. The van der Waals surface area contributed by atoms with Crippen molar-refractivity contribution >= 4 is 33.1 Å². The largest absolute Gasteiger partial charge is 0.497 e. The van der Waals surface area contributed by atoms with Gasteiger partial charge >= 0.3 is 0 Å². The van der Waals surface area contributed by atoms with E-state index in [1.165, 1.54) is 0 Å². The van der Waals surface area contributed by atoms with Gasteiger partial charge in [-0.15, -0.1) is 0 Å². The summed E-state index contributed by atoms with van der Waals surface area (Å²) in [6.45, 7) is 0.441. The lowest BCUT2D eigenvalue weighted by atomic mass is 10.2. The molecule has 2 N–H and O–H groups in total. The van der Waals surface area contributed by atoms with E-state index >= 15 is 0 Å². The van der Waals surface area contributed by atoms with Gasteiger partial charge in [-0.2, -0.15) is 0 Å². The molecule has 0 saturated carbocycles. The molecular weight excluding hydrogens is 338 g/mol. The Morgan fingerprint density at radius 1 is 1.20 bits per heavy atom. The lowest BCUT2D eigenvalue weighted by molar-refractivity contribution is 0.305. The first kappa shape index (κ1) is 14.8. The lowest BCUT2D eigenvalue weighted by Crippen LogP contribution is -2.12. The Morgan fingerprint density at radius 3 is 2.50 bits per heavy atom. The maximum absolute atomic E-state index is 5.80. The Morgan fingerprint density at radius 2 is 1.90 bits per heavy atom. The van der Waals surface area contributed by atoms with Crippen LogP contribution in [0.2, 0.25) is 0 Å². The normalized spacial score (nSPS) is 10.1. The van der Waals surface area contributed by atoms with Gasteiger partial charge in [0.2, 0.25) is 0 Å². The van der Waals surface area contributed by atoms with Crippen molar-refractivity contribution in [3.63, 3.8) is 0 Å². The van der Waals surface area contributed by atoms with E-state index in [0.717, 1.165) is 21.3 Å². The summed E-state index contributed by atoms with van der Waals surface area (Å²) in [5.74, 6) is 1.49. The Bertz CT molecular complexity index is 614. The van der Waals surface area contributed by atoms with Crippen molar-refractivity contribution < 1.29 is 9.47 Å². The van der Waals surface area contributed by atoms with Crippen LogP contribution in [0.4, 0.5) is 0 Å². The molecule has 0 aromatic heterocycles. The molecule has 0 atom stereocenters. The van der Waals surface area contributed by atoms with Crippen LogP contribution in [0, 0.1) is 0 Å². The second-order valence-electron chi connectivity index (χ2n) is 4.11. The van der Waals surface area contributed by atoms with Gasteiger partial charge < -0.3 is 15.2 Å². The summed E-state index contributed by atoms with van der Waals surface area (Å²) < 4.78 is 11.7. The summed E-state index contributed by atoms with van der Waals surface area (Å²) in [7, 11) is 1.64. The quantitative estimate of drug-likeness (QED) is 0.834. The van der Waals surface area contributed by atoms with Crippen LogP contribution in [0.1, 0.15) is 11.1 Å². The Labute approximate surface area is 131 Å². The van der Waals surface area contributed by atoms with Crippen molar-refractivity contribution in [2.75, 3.05) is 7.11 Å². The zero-order chi connectivity index (χ0) is 14.5. The molecule has 0 fully saturated rings. The topological polar surface area (TPSA) is 44.5 Å². The number of hydrogen-bond donors (Lipinski definition) is 1. The molecule has 0 amide bonds. The van der Waals surface area contributed by atoms with E-state index in [9.17, 15) is 0 Å². The molecule has 0 heterocycles. The minimum atomic E-state index is 0.308. The van der Waals surface area contributed by atoms with Gasteiger partial charge in [0.25, 0.3) is 0 Å². The number of rotatable bonds is 5. The molecule has 2 aromatic rings. The Hall–Kier alpha value is -1.59. The second kappa shape index (κ2) is 6.72. The average molecular weight is 352 g/mol. The van der Waals surface area contributed by atoms with E-state index < -0.39 is 0 Å². The molecule has 2 rings (SSSR count). The number of benzene rings is 2. The van der Waals surface area contributed by atoms with Crippen molar-refractivity contribution in [3.8, 4) is 11.5 Å². The zero-order valence-corrected chi connectivity index (χ0v) is 13.3. The number of hydrogen-bond acceptors (Lipinski definition) is 3. The van der Waals surface area contributed by atoms with Crippen LogP contribution in [0.3, 0.4) is 0 Å². The molecule has 0 aliphatic carbocycles. The first-order valence-electron chi connectivity index (χ1n) is 5.96. The second-order valence-corrected chi connectivity index (χ2v) is 5.41. The van der Waals surface area contributed by atoms with E-state index in [2.05, 4.69) is 15.9 Å². The molecule has 104 valence electrons. The van der Waals surface area contributed by atoms with Crippen molar-refractivity contribution in [2.24, 2.45) is 5.73 Å². The maximum Gasteiger partial charge on any atom is 0.131 e. The molecule has 3 nitrogen and oxygen atoms in total. The summed E-state index contributed by atoms with van der Waals surface area (Å²) in [5, 5.41) is 0. The summed E-state index contributed by atoms with van der Waals surface area (Å²) in [4.78, 5) is 0.308. The van der Waals surface area contributed by atoms with E-state index in [4.69, 9.17) is 27.4 Å². The van der Waals surface area contributed by atoms with Crippen LogP contribution in [0.15, 0.2) is 46.9 Å². The SMILES string of the molecule is COc1ccc(COc2cccc(Br)c2C(N)=S)cc1. The van der Waals surface area contributed by atoms with Crippen LogP contribution in [-0.4, -0.2) is 12.1 Å². The Balaban J connectivity index is 2.14. The van der Waals surface area contributed by atoms with Crippen molar-refractivity contribution in [2.45, 2.75) is 6.61 Å². The van der Waals surface area contributed by atoms with Gasteiger partial charge in [0.15, 0.2) is 0 Å². The molecule has 0 spiro atoms. The molecular formula is C15H14BrNO2S. The number of thiocarbonyl (C=S) groups is 1. The fourth-order valence-electron chi connectivity index (χ4n) is 1.75. The highest BCUT2D eigenvalue weighted by molar-refractivity contribution is 9.10. The number of nitrogens with two attached hydrogens (primary N) is 1. The molecule has 20 heavy (non-hydrogen) atoms. The van der Waals surface area contributed by atoms with Crippen LogP contribution in [-0.2, 0) is 6.61 Å². The van der Waals surface area contributed by atoms with Crippen LogP contribution in [0.25, 0.3) is 0 Å². The number of ether oxygens (including phenoxy) is 2. The fourth-order valence-corrected chi connectivity index (χ4v) is 2.65. The van der Waals surface area contributed by atoms with Crippen molar-refractivity contribution in [3.05, 3.63) is 58.1 Å². The van der Waals surface area contributed by atoms with Gasteiger partial charge in [-0.05, 0) is 45.8 Å². The number of methoxy groups -OCH3 is 1. The molecule has 0 bridgehead atoms. The van der Waals surface area contributed by atoms with Crippen LogP contribution in [0.5, 0.6) is 11.5 Å². The van der Waals surface area contributed by atoms with Gasteiger partial charge in [0.05, 0.1) is 12.7 Å². The minimum Gasteiger partial charge on any atom is -0.497 e. The van der Waals surface area contributed by atoms with E-state index in [1.807, 2.05) is 42.5 Å². The van der Waals surface area contributed by atoms with Gasteiger partial charge in [-0.25, -0.2) is 0 Å². The molecule has 0 radical (unpaired) electrons. The molecule has 0 saturated heterocycles. The molecule has 0 unspecified atom stereocenters. The van der Waals surface area contributed by atoms with Crippen LogP contribution >= 0.6 is 28.1 Å². The zero-order valence-electron chi connectivity index (χ0n) is 10.9. The van der Waals surface area contributed by atoms with E-state index in [-0.39, 0.29) is 0 Å². The summed E-state index contributed by atoms with van der Waals surface area (Å²) in [6, 6.07) is 13.3. The molecule has 5 heteroatoms. The highest BCUT2D eigenvalue weighted by Gasteiger charge is 2.10. The van der Waals surface area contributed by atoms with Crippen molar-refractivity contribution in [1.29, 1.82) is 0 Å². The third-order valence-electron chi connectivity index (χ3n) is 2.78. The molecule has 2 aromatic carbocycles. The van der Waals surface area contributed by atoms with Gasteiger partial charge in [0.1, 0.15) is 23.1 Å². The monoisotopic (exact) mass is 351 g/mol. The van der Waals surface area contributed by atoms with E-state index in [0.29, 0.717) is 17.3 Å². The predicted octanol–water partition coefficient (Wildman–Crippen LogP) is 3.67. The first-order chi connectivity index (χ1) is 9.61. The molecule has 0 aliphatic heterocycles. The lowest BCUT2D eigenvalue weighted by Gasteiger charge is -2.12. The smallest absolute Gasteiger partial charge is 0.131 e. The third kappa shape index (κ3) is 3.49. The number of halogens is 1. The maximum atomic E-state index is 5.80. The third-order valence-corrected chi connectivity index (χ3v) is 3.64. The van der Waals surface area contributed by atoms with E-state index in [1.54, 1.807) is 7.11 Å². The van der Waals surface area contributed by atoms with Gasteiger partial charge in [0, 0.05) is 4.47 Å². The fraction of sp³-hybridized carbons (Fsp3) is 0.133. The summed E-state index contributed by atoms with van der Waals surface area (Å²) in [5.41, 5.74) is 7.49.